The lowest BCUT2D eigenvalue weighted by Gasteiger charge is -2.30. The predicted octanol–water partition coefficient (Wildman–Crippen LogP) is 2.14. The number of hydrogen-bond acceptors (Lipinski definition) is 3. The minimum Gasteiger partial charge on any atom is -0.398 e. The molecule has 1 unspecified atom stereocenters. The van der Waals surface area contributed by atoms with Gasteiger partial charge in [0.05, 0.1) is 5.56 Å². The third-order valence-electron chi connectivity index (χ3n) is 3.69. The summed E-state index contributed by atoms with van der Waals surface area (Å²) < 4.78 is 0. The number of nitrogen functional groups attached to an aromatic ring is 1. The molecule has 4 nitrogen and oxygen atoms in total. The maximum absolute atomic E-state index is 11.3. The quantitative estimate of drug-likeness (QED) is 0.786. The number of primary amides is 1. The summed E-state index contributed by atoms with van der Waals surface area (Å²) in [6.45, 7) is 3.26. The van der Waals surface area contributed by atoms with Gasteiger partial charge in [0.2, 0.25) is 0 Å². The van der Waals surface area contributed by atoms with Crippen molar-refractivity contribution in [2.75, 3.05) is 17.2 Å². The summed E-state index contributed by atoms with van der Waals surface area (Å²) in [6, 6.07) is 6.06. The van der Waals surface area contributed by atoms with Gasteiger partial charge in [-0.25, -0.2) is 0 Å². The molecular formula is C14H21N3O. The number of nitrogens with two attached hydrogens (primary N) is 2. The van der Waals surface area contributed by atoms with Gasteiger partial charge in [-0.2, -0.15) is 0 Å². The predicted molar refractivity (Wildman–Crippen MR) is 74.6 cm³/mol. The highest BCUT2D eigenvalue weighted by Crippen LogP contribution is 2.26. The third-order valence-corrected chi connectivity index (χ3v) is 3.69. The number of amides is 1. The zero-order valence-electron chi connectivity index (χ0n) is 10.9. The number of rotatable bonds is 2. The van der Waals surface area contributed by atoms with Crippen LogP contribution in [0.3, 0.4) is 0 Å². The molecule has 0 saturated carbocycles. The van der Waals surface area contributed by atoms with Crippen LogP contribution in [0.4, 0.5) is 11.4 Å². The van der Waals surface area contributed by atoms with E-state index in [4.69, 9.17) is 11.5 Å². The van der Waals surface area contributed by atoms with Crippen LogP contribution in [0, 0.1) is 0 Å². The van der Waals surface area contributed by atoms with Crippen LogP contribution in [0.1, 0.15) is 43.0 Å². The lowest BCUT2D eigenvalue weighted by molar-refractivity contribution is 0.100. The summed E-state index contributed by atoms with van der Waals surface area (Å²) in [7, 11) is 0. The first-order chi connectivity index (χ1) is 8.59. The van der Waals surface area contributed by atoms with Crippen LogP contribution in [0.25, 0.3) is 0 Å². The Labute approximate surface area is 108 Å². The lowest BCUT2D eigenvalue weighted by atomic mass is 10.1. The van der Waals surface area contributed by atoms with Gasteiger partial charge in [0.1, 0.15) is 0 Å². The number of carbonyl (C=O) groups excluding carboxylic acids is 1. The highest BCUT2D eigenvalue weighted by atomic mass is 16.1. The van der Waals surface area contributed by atoms with E-state index in [0.29, 0.717) is 17.3 Å². The van der Waals surface area contributed by atoms with Gasteiger partial charge in [0.15, 0.2) is 0 Å². The first kappa shape index (κ1) is 12.7. The van der Waals surface area contributed by atoms with E-state index in [1.54, 1.807) is 6.07 Å². The van der Waals surface area contributed by atoms with Crippen LogP contribution in [0.2, 0.25) is 0 Å². The molecule has 0 bridgehead atoms. The van der Waals surface area contributed by atoms with Crippen LogP contribution in [0.15, 0.2) is 18.2 Å². The summed E-state index contributed by atoms with van der Waals surface area (Å²) in [6.07, 6.45) is 4.94. The van der Waals surface area contributed by atoms with Crippen molar-refractivity contribution < 1.29 is 4.79 Å². The average Bonchev–Trinajstić information content (AvgIpc) is 2.54. The summed E-state index contributed by atoms with van der Waals surface area (Å²) in [5.74, 6) is -0.461. The molecule has 1 atom stereocenters. The molecular weight excluding hydrogens is 226 g/mol. The molecule has 4 N–H and O–H groups in total. The smallest absolute Gasteiger partial charge is 0.250 e. The van der Waals surface area contributed by atoms with E-state index in [1.165, 1.54) is 25.7 Å². The molecule has 1 aromatic carbocycles. The van der Waals surface area contributed by atoms with E-state index in [0.717, 1.165) is 12.2 Å². The molecule has 1 aromatic rings. The Morgan fingerprint density at radius 2 is 2.11 bits per heavy atom. The van der Waals surface area contributed by atoms with Gasteiger partial charge >= 0.3 is 0 Å². The van der Waals surface area contributed by atoms with Crippen LogP contribution in [0.5, 0.6) is 0 Å². The third kappa shape index (κ3) is 2.58. The number of hydrogen-bond donors (Lipinski definition) is 2. The van der Waals surface area contributed by atoms with Gasteiger partial charge in [0, 0.05) is 24.0 Å². The van der Waals surface area contributed by atoms with E-state index in [-0.39, 0.29) is 0 Å². The molecule has 98 valence electrons. The number of nitrogens with zero attached hydrogens (tertiary/aromatic N) is 1. The largest absolute Gasteiger partial charge is 0.398 e. The molecule has 0 spiro atoms. The van der Waals surface area contributed by atoms with E-state index < -0.39 is 5.91 Å². The highest BCUT2D eigenvalue weighted by molar-refractivity contribution is 5.99. The molecule has 4 heteroatoms. The van der Waals surface area contributed by atoms with E-state index in [9.17, 15) is 4.79 Å². The molecule has 0 radical (unpaired) electrons. The van der Waals surface area contributed by atoms with Crippen LogP contribution >= 0.6 is 0 Å². The van der Waals surface area contributed by atoms with E-state index >= 15 is 0 Å². The molecule has 1 fully saturated rings. The molecule has 1 aliphatic rings. The summed E-state index contributed by atoms with van der Waals surface area (Å²) in [5, 5.41) is 0. The standard InChI is InChI=1S/C14H21N3O/c1-10-5-3-2-4-8-17(10)11-6-7-13(15)12(9-11)14(16)18/h6-7,9-10H,2-5,8,15H2,1H3,(H2,16,18). The number of anilines is 2. The van der Waals surface area contributed by atoms with E-state index in [2.05, 4.69) is 11.8 Å². The number of benzene rings is 1. The Morgan fingerprint density at radius 3 is 2.83 bits per heavy atom. The highest BCUT2D eigenvalue weighted by Gasteiger charge is 2.18. The van der Waals surface area contributed by atoms with Gasteiger partial charge in [-0.1, -0.05) is 12.8 Å². The Balaban J connectivity index is 2.31. The minimum absolute atomic E-state index is 0.420. The van der Waals surface area contributed by atoms with Crippen molar-refractivity contribution in [2.45, 2.75) is 38.6 Å². The first-order valence-electron chi connectivity index (χ1n) is 6.55. The maximum Gasteiger partial charge on any atom is 0.250 e. The van der Waals surface area contributed by atoms with Crippen molar-refractivity contribution in [1.82, 2.24) is 0 Å². The molecule has 0 aromatic heterocycles. The van der Waals surface area contributed by atoms with Crippen LogP contribution in [-0.2, 0) is 0 Å². The average molecular weight is 247 g/mol. The van der Waals surface area contributed by atoms with Crippen molar-refractivity contribution in [2.24, 2.45) is 5.73 Å². The van der Waals surface area contributed by atoms with Gasteiger partial charge in [-0.3, -0.25) is 4.79 Å². The monoisotopic (exact) mass is 247 g/mol. The molecule has 1 amide bonds. The van der Waals surface area contributed by atoms with Crippen molar-refractivity contribution in [3.8, 4) is 0 Å². The normalized spacial score (nSPS) is 20.5. The van der Waals surface area contributed by atoms with Crippen molar-refractivity contribution >= 4 is 17.3 Å². The zero-order valence-corrected chi connectivity index (χ0v) is 10.9. The molecule has 18 heavy (non-hydrogen) atoms. The second-order valence-corrected chi connectivity index (χ2v) is 5.03. The molecule has 1 heterocycles. The second-order valence-electron chi connectivity index (χ2n) is 5.03. The molecule has 0 aliphatic carbocycles. The fourth-order valence-electron chi connectivity index (χ4n) is 2.59. The van der Waals surface area contributed by atoms with Crippen LogP contribution in [-0.4, -0.2) is 18.5 Å². The summed E-state index contributed by atoms with van der Waals surface area (Å²) >= 11 is 0. The van der Waals surface area contributed by atoms with Gasteiger partial charge in [-0.05, 0) is 38.0 Å². The minimum atomic E-state index is -0.461. The molecule has 1 aliphatic heterocycles. The van der Waals surface area contributed by atoms with Crippen LogP contribution < -0.4 is 16.4 Å². The summed E-state index contributed by atoms with van der Waals surface area (Å²) in [4.78, 5) is 13.7. The second kappa shape index (κ2) is 5.29. The lowest BCUT2D eigenvalue weighted by Crippen LogP contribution is -2.32. The fourth-order valence-corrected chi connectivity index (χ4v) is 2.59. The summed E-state index contributed by atoms with van der Waals surface area (Å²) in [5.41, 5.74) is 13.0. The fraction of sp³-hybridized carbons (Fsp3) is 0.500. The Hall–Kier alpha value is -1.71. The SMILES string of the molecule is CC1CCCCCN1c1ccc(N)c(C(N)=O)c1. The van der Waals surface area contributed by atoms with Crippen molar-refractivity contribution in [3.05, 3.63) is 23.8 Å². The maximum atomic E-state index is 11.3. The van der Waals surface area contributed by atoms with E-state index in [1.807, 2.05) is 12.1 Å². The topological polar surface area (TPSA) is 72.3 Å². The Bertz CT molecular complexity index is 445. The number of carbonyl (C=O) groups is 1. The zero-order chi connectivity index (χ0) is 13.1. The van der Waals surface area contributed by atoms with Crippen molar-refractivity contribution in [3.63, 3.8) is 0 Å². The molecule has 1 saturated heterocycles. The Morgan fingerprint density at radius 1 is 1.33 bits per heavy atom. The first-order valence-corrected chi connectivity index (χ1v) is 6.55. The van der Waals surface area contributed by atoms with Gasteiger partial charge in [0.25, 0.3) is 5.91 Å². The van der Waals surface area contributed by atoms with Crippen molar-refractivity contribution in [1.29, 1.82) is 0 Å². The van der Waals surface area contributed by atoms with Gasteiger partial charge in [-0.15, -0.1) is 0 Å². The van der Waals surface area contributed by atoms with Gasteiger partial charge < -0.3 is 16.4 Å². The molecule has 2 rings (SSSR count). The Kier molecular flexibility index (Phi) is 3.75.